The number of aryl methyl sites for hydroxylation is 2. The van der Waals surface area contributed by atoms with E-state index in [9.17, 15) is 9.59 Å². The molecule has 1 saturated carbocycles. The van der Waals surface area contributed by atoms with E-state index in [0.717, 1.165) is 53.9 Å². The predicted molar refractivity (Wildman–Crippen MR) is 131 cm³/mol. The van der Waals surface area contributed by atoms with Crippen LogP contribution in [0.4, 0.5) is 5.69 Å². The highest BCUT2D eigenvalue weighted by molar-refractivity contribution is 6.36. The van der Waals surface area contributed by atoms with Crippen molar-refractivity contribution in [2.75, 3.05) is 25.1 Å². The topological polar surface area (TPSA) is 100 Å². The van der Waals surface area contributed by atoms with E-state index in [4.69, 9.17) is 10.5 Å². The summed E-state index contributed by atoms with van der Waals surface area (Å²) in [5.74, 6) is 0.609. The van der Waals surface area contributed by atoms with Crippen LogP contribution >= 0.6 is 0 Å². The maximum absolute atomic E-state index is 13.7. The number of fused-ring (bicyclic) bond motifs is 1. The molecular formula is C26H34N4O3. The number of anilines is 1. The van der Waals surface area contributed by atoms with Crippen molar-refractivity contribution >= 4 is 29.2 Å². The first-order valence-corrected chi connectivity index (χ1v) is 11.8. The van der Waals surface area contributed by atoms with Gasteiger partial charge in [0.1, 0.15) is 5.75 Å². The lowest BCUT2D eigenvalue weighted by molar-refractivity contribution is -0.113. The number of benzene rings is 1. The summed E-state index contributed by atoms with van der Waals surface area (Å²) < 4.78 is 5.80. The quantitative estimate of drug-likeness (QED) is 0.583. The lowest BCUT2D eigenvalue weighted by Gasteiger charge is -2.30. The Morgan fingerprint density at radius 2 is 1.97 bits per heavy atom. The number of amides is 2. The van der Waals surface area contributed by atoms with Crippen molar-refractivity contribution in [2.24, 2.45) is 11.7 Å². The van der Waals surface area contributed by atoms with Crippen molar-refractivity contribution in [2.45, 2.75) is 52.5 Å². The van der Waals surface area contributed by atoms with Crippen LogP contribution < -0.4 is 20.7 Å². The second kappa shape index (κ2) is 9.43. The first-order valence-electron chi connectivity index (χ1n) is 11.8. The molecule has 1 fully saturated rings. The van der Waals surface area contributed by atoms with E-state index in [1.165, 1.54) is 0 Å². The smallest absolute Gasteiger partial charge is 0.259 e. The first kappa shape index (κ1) is 23.1. The molecule has 176 valence electrons. The molecule has 2 aromatic rings. The van der Waals surface area contributed by atoms with Gasteiger partial charge in [0.05, 0.1) is 23.4 Å². The summed E-state index contributed by atoms with van der Waals surface area (Å²) in [6.45, 7) is 6.96. The number of aromatic amines is 1. The van der Waals surface area contributed by atoms with Crippen LogP contribution in [-0.4, -0.2) is 43.0 Å². The highest BCUT2D eigenvalue weighted by atomic mass is 16.5. The molecule has 1 aromatic heterocycles. The number of carbonyl (C=O) groups excluding carboxylic acids is 2. The Balaban J connectivity index is 1.81. The molecule has 33 heavy (non-hydrogen) atoms. The maximum Gasteiger partial charge on any atom is 0.259 e. The van der Waals surface area contributed by atoms with Gasteiger partial charge in [0.2, 0.25) is 0 Å². The minimum atomic E-state index is -0.231. The molecule has 0 spiro atoms. The second-order valence-corrected chi connectivity index (χ2v) is 9.18. The molecule has 7 heteroatoms. The van der Waals surface area contributed by atoms with Crippen LogP contribution in [0, 0.1) is 19.8 Å². The van der Waals surface area contributed by atoms with E-state index in [1.54, 1.807) is 13.1 Å². The zero-order chi connectivity index (χ0) is 23.7. The van der Waals surface area contributed by atoms with Crippen molar-refractivity contribution in [3.8, 4) is 5.75 Å². The number of carbonyl (C=O) groups is 2. The zero-order valence-corrected chi connectivity index (χ0v) is 20.0. The van der Waals surface area contributed by atoms with E-state index in [0.29, 0.717) is 36.0 Å². The molecule has 2 aliphatic rings. The van der Waals surface area contributed by atoms with E-state index in [1.807, 2.05) is 37.8 Å². The zero-order valence-electron chi connectivity index (χ0n) is 20.0. The average molecular weight is 451 g/mol. The molecule has 7 nitrogen and oxygen atoms in total. The molecule has 4 N–H and O–H groups in total. The number of hydrogen-bond acceptors (Lipinski definition) is 4. The third-order valence-electron chi connectivity index (χ3n) is 6.74. The van der Waals surface area contributed by atoms with Gasteiger partial charge in [-0.15, -0.1) is 0 Å². The van der Waals surface area contributed by atoms with Crippen LogP contribution in [0.5, 0.6) is 5.75 Å². The van der Waals surface area contributed by atoms with Crippen LogP contribution in [0.3, 0.4) is 0 Å². The van der Waals surface area contributed by atoms with Crippen LogP contribution in [-0.2, 0) is 4.79 Å². The van der Waals surface area contributed by atoms with Crippen molar-refractivity contribution in [3.05, 3.63) is 46.3 Å². The number of aromatic nitrogens is 1. The maximum atomic E-state index is 13.7. The van der Waals surface area contributed by atoms with Gasteiger partial charge in [-0.25, -0.2) is 0 Å². The summed E-state index contributed by atoms with van der Waals surface area (Å²) in [5.41, 5.74) is 11.8. The van der Waals surface area contributed by atoms with Crippen LogP contribution in [0.15, 0.2) is 18.2 Å². The fraction of sp³-hybridized carbons (Fsp3) is 0.462. The van der Waals surface area contributed by atoms with Gasteiger partial charge < -0.3 is 25.7 Å². The van der Waals surface area contributed by atoms with E-state index in [2.05, 4.69) is 16.4 Å². The Hall–Kier alpha value is -3.06. The normalized spacial score (nSPS) is 21.4. The first-order chi connectivity index (χ1) is 15.8. The highest BCUT2D eigenvalue weighted by Crippen LogP contribution is 2.43. The predicted octanol–water partition coefficient (Wildman–Crippen LogP) is 3.79. The van der Waals surface area contributed by atoms with Gasteiger partial charge in [-0.3, -0.25) is 9.59 Å². The number of nitrogens with one attached hydrogen (secondary N) is 2. The van der Waals surface area contributed by atoms with Crippen molar-refractivity contribution < 1.29 is 14.3 Å². The van der Waals surface area contributed by atoms with Gasteiger partial charge >= 0.3 is 0 Å². The molecule has 1 aliphatic heterocycles. The standard InChI is InChI=1S/C26H34N4O3/c1-5-33-24-13-19-20(11-22-15(2)10-16(3)29-22)26(32)30(14-17-6-8-18(27)9-7-17)23(19)12-21(24)25(31)28-4/h10-13,17-18,29H,5-9,14,27H2,1-4H3,(H,28,31)/b20-11-. The van der Waals surface area contributed by atoms with Crippen molar-refractivity contribution in [1.29, 1.82) is 0 Å². The molecule has 2 amide bonds. The number of rotatable bonds is 6. The monoisotopic (exact) mass is 450 g/mol. The lowest BCUT2D eigenvalue weighted by atomic mass is 9.86. The van der Waals surface area contributed by atoms with Crippen molar-refractivity contribution in [1.82, 2.24) is 10.3 Å². The minimum Gasteiger partial charge on any atom is -0.493 e. The molecule has 0 atom stereocenters. The highest BCUT2D eigenvalue weighted by Gasteiger charge is 2.36. The molecule has 0 unspecified atom stereocenters. The van der Waals surface area contributed by atoms with Gasteiger partial charge in [0.15, 0.2) is 0 Å². The Kier molecular flexibility index (Phi) is 6.61. The SMILES string of the molecule is CCOc1cc2c(cc1C(=O)NC)N(CC1CCC(N)CC1)C(=O)/C2=C\c1[nH]c(C)cc1C. The van der Waals surface area contributed by atoms with Crippen LogP contribution in [0.25, 0.3) is 11.6 Å². The third kappa shape index (κ3) is 4.55. The number of ether oxygens (including phenoxy) is 1. The van der Waals surface area contributed by atoms with Gasteiger partial charge in [0, 0.05) is 36.6 Å². The molecule has 0 saturated heterocycles. The molecule has 2 heterocycles. The fourth-order valence-electron chi connectivity index (χ4n) is 4.96. The number of nitrogens with two attached hydrogens (primary N) is 1. The average Bonchev–Trinajstić information content (AvgIpc) is 3.24. The molecule has 4 rings (SSSR count). The minimum absolute atomic E-state index is 0.0389. The van der Waals surface area contributed by atoms with Crippen LogP contribution in [0.1, 0.15) is 65.5 Å². The molecule has 1 aromatic carbocycles. The van der Waals surface area contributed by atoms with E-state index < -0.39 is 0 Å². The third-order valence-corrected chi connectivity index (χ3v) is 6.74. The molecule has 0 radical (unpaired) electrons. The van der Waals surface area contributed by atoms with Gasteiger partial charge in [-0.1, -0.05) is 0 Å². The van der Waals surface area contributed by atoms with E-state index >= 15 is 0 Å². The Bertz CT molecular complexity index is 1090. The number of nitrogens with zero attached hydrogens (tertiary/aromatic N) is 1. The summed E-state index contributed by atoms with van der Waals surface area (Å²) in [7, 11) is 1.60. The summed E-state index contributed by atoms with van der Waals surface area (Å²) in [6.07, 6.45) is 5.91. The van der Waals surface area contributed by atoms with Gasteiger partial charge in [0.25, 0.3) is 11.8 Å². The Labute approximate surface area is 195 Å². The summed E-state index contributed by atoms with van der Waals surface area (Å²) in [5, 5.41) is 2.69. The second-order valence-electron chi connectivity index (χ2n) is 9.18. The Morgan fingerprint density at radius 1 is 1.24 bits per heavy atom. The van der Waals surface area contributed by atoms with Crippen LogP contribution in [0.2, 0.25) is 0 Å². The van der Waals surface area contributed by atoms with Crippen molar-refractivity contribution in [3.63, 3.8) is 0 Å². The molecule has 0 bridgehead atoms. The van der Waals surface area contributed by atoms with Gasteiger partial charge in [-0.05, 0) is 82.2 Å². The molecule has 1 aliphatic carbocycles. The largest absolute Gasteiger partial charge is 0.493 e. The summed E-state index contributed by atoms with van der Waals surface area (Å²) >= 11 is 0. The fourth-order valence-corrected chi connectivity index (χ4v) is 4.96. The summed E-state index contributed by atoms with van der Waals surface area (Å²) in [4.78, 5) is 31.5. The molecular weight excluding hydrogens is 416 g/mol. The van der Waals surface area contributed by atoms with E-state index in [-0.39, 0.29) is 17.9 Å². The summed E-state index contributed by atoms with van der Waals surface area (Å²) in [6, 6.07) is 5.97. The number of H-pyrrole nitrogens is 1. The number of hydrogen-bond donors (Lipinski definition) is 3. The van der Waals surface area contributed by atoms with Gasteiger partial charge in [-0.2, -0.15) is 0 Å². The lowest BCUT2D eigenvalue weighted by Crippen LogP contribution is -2.36. The Morgan fingerprint density at radius 3 is 2.58 bits per heavy atom.